The molecule has 3 heterocycles. The Morgan fingerprint density at radius 3 is 2.46 bits per heavy atom. The zero-order valence-corrected chi connectivity index (χ0v) is 20.7. The predicted octanol–water partition coefficient (Wildman–Crippen LogP) is 4.76. The summed E-state index contributed by atoms with van der Waals surface area (Å²) in [5.74, 6) is -6.22. The molecule has 0 saturated heterocycles. The monoisotopic (exact) mass is 539 g/mol. The molecule has 4 aromatic rings. The molecule has 3 N–H and O–H groups in total. The normalized spacial score (nSPS) is 21.3. The number of benzene rings is 1. The lowest BCUT2D eigenvalue weighted by atomic mass is 9.61. The second-order valence-electron chi connectivity index (χ2n) is 11.0. The third-order valence-corrected chi connectivity index (χ3v) is 8.11. The largest absolute Gasteiger partial charge is 0.382 e. The molecule has 202 valence electrons. The molecule has 3 saturated carbocycles. The first kappa shape index (κ1) is 24.1. The van der Waals surface area contributed by atoms with E-state index in [0.717, 1.165) is 24.1 Å². The number of fused-ring (bicyclic) bond motifs is 1. The molecule has 3 aromatic heterocycles. The Morgan fingerprint density at radius 1 is 1.00 bits per heavy atom. The van der Waals surface area contributed by atoms with E-state index < -0.39 is 54.9 Å². The first-order valence-electron chi connectivity index (χ1n) is 12.9. The van der Waals surface area contributed by atoms with Gasteiger partial charge in [0.15, 0.2) is 5.82 Å². The van der Waals surface area contributed by atoms with E-state index in [2.05, 4.69) is 20.5 Å². The average molecular weight is 540 g/mol. The van der Waals surface area contributed by atoms with Crippen molar-refractivity contribution in [1.82, 2.24) is 29.7 Å². The van der Waals surface area contributed by atoms with Crippen LogP contribution in [0.25, 0.3) is 28.0 Å². The van der Waals surface area contributed by atoms with Crippen LogP contribution in [0.2, 0.25) is 0 Å². The highest BCUT2D eigenvalue weighted by atomic mass is 19.3. The number of alkyl halides is 4. The number of carbonyl (C=O) groups excluding carboxylic acids is 1. The van der Waals surface area contributed by atoms with E-state index in [4.69, 9.17) is 5.73 Å². The Morgan fingerprint density at radius 2 is 1.77 bits per heavy atom. The number of nitrogens with zero attached hydrogens (tertiary/aromatic N) is 5. The molecule has 7 rings (SSSR count). The Kier molecular flexibility index (Phi) is 4.96. The van der Waals surface area contributed by atoms with E-state index in [1.54, 1.807) is 35.0 Å². The number of nitrogens with two attached hydrogens (primary N) is 1. The van der Waals surface area contributed by atoms with E-state index in [1.165, 1.54) is 6.33 Å². The van der Waals surface area contributed by atoms with Gasteiger partial charge in [-0.2, -0.15) is 10.2 Å². The quantitative estimate of drug-likeness (QED) is 0.344. The molecule has 12 heteroatoms. The summed E-state index contributed by atoms with van der Waals surface area (Å²) in [5, 5.41) is 11.5. The molecule has 0 aliphatic heterocycles. The summed E-state index contributed by atoms with van der Waals surface area (Å²) in [7, 11) is 0. The maximum Gasteiger partial charge on any atom is 0.252 e. The van der Waals surface area contributed by atoms with Crippen molar-refractivity contribution in [2.24, 2.45) is 0 Å². The molecule has 1 amide bonds. The van der Waals surface area contributed by atoms with Gasteiger partial charge in [0.2, 0.25) is 5.91 Å². The van der Waals surface area contributed by atoms with Crippen molar-refractivity contribution in [3.63, 3.8) is 0 Å². The molecule has 3 aliphatic rings. The number of hydrogen-bond donors (Lipinski definition) is 2. The molecule has 0 unspecified atom stereocenters. The minimum Gasteiger partial charge on any atom is -0.382 e. The zero-order chi connectivity index (χ0) is 27.2. The Hall–Kier alpha value is -3.96. The first-order chi connectivity index (χ1) is 18.6. The van der Waals surface area contributed by atoms with Crippen LogP contribution < -0.4 is 11.1 Å². The van der Waals surface area contributed by atoms with Crippen molar-refractivity contribution < 1.29 is 22.4 Å². The van der Waals surface area contributed by atoms with Crippen LogP contribution in [-0.2, 0) is 10.2 Å². The van der Waals surface area contributed by atoms with Crippen LogP contribution in [0.3, 0.4) is 0 Å². The van der Waals surface area contributed by atoms with E-state index in [1.807, 2.05) is 16.8 Å². The summed E-state index contributed by atoms with van der Waals surface area (Å²) in [6.45, 7) is 0. The minimum absolute atomic E-state index is 0.276. The summed E-state index contributed by atoms with van der Waals surface area (Å²) >= 11 is 0. The zero-order valence-electron chi connectivity index (χ0n) is 20.7. The van der Waals surface area contributed by atoms with Gasteiger partial charge in [-0.1, -0.05) is 18.2 Å². The maximum atomic E-state index is 14.2. The van der Waals surface area contributed by atoms with Gasteiger partial charge in [0.25, 0.3) is 11.8 Å². The number of nitrogens with one attached hydrogen (secondary N) is 1. The molecule has 0 atom stereocenters. The number of amides is 1. The predicted molar refractivity (Wildman–Crippen MR) is 134 cm³/mol. The number of halogens is 4. The molecule has 3 fully saturated rings. The number of hydrogen-bond acceptors (Lipinski definition) is 5. The lowest BCUT2D eigenvalue weighted by Crippen LogP contribution is -2.62. The van der Waals surface area contributed by atoms with Gasteiger partial charge in [0.1, 0.15) is 11.8 Å². The van der Waals surface area contributed by atoms with E-state index >= 15 is 0 Å². The number of aromatic nitrogens is 5. The van der Waals surface area contributed by atoms with Gasteiger partial charge in [0, 0.05) is 49.0 Å². The fraction of sp³-hybridized carbons (Fsp3) is 0.407. The summed E-state index contributed by atoms with van der Waals surface area (Å²) < 4.78 is 58.8. The Bertz CT molecular complexity index is 1610. The fourth-order valence-electron chi connectivity index (χ4n) is 6.00. The van der Waals surface area contributed by atoms with Crippen molar-refractivity contribution in [3.8, 4) is 22.5 Å². The standard InChI is InChI=1S/C27H25F4N7O/c28-26(29)10-17(11-26)36-24(39)25(12-27(30,31)13-25)16-3-1-2-15(8-16)21-9-19(22-23(32)33-14-35-38(21)22)20-6-7-34-37(20)18-4-5-18/h1-3,6-9,14,17-18H,4-5,10-13H2,(H,36,39)(H2,32,33,35). The third-order valence-electron chi connectivity index (χ3n) is 8.11. The van der Waals surface area contributed by atoms with E-state index in [9.17, 15) is 22.4 Å². The van der Waals surface area contributed by atoms with Crippen molar-refractivity contribution in [1.29, 1.82) is 0 Å². The topological polar surface area (TPSA) is 103 Å². The number of nitrogen functional groups attached to an aromatic ring is 1. The Balaban J connectivity index is 1.30. The number of carbonyl (C=O) groups is 1. The molecule has 3 aliphatic carbocycles. The van der Waals surface area contributed by atoms with Crippen molar-refractivity contribution in [3.05, 3.63) is 54.5 Å². The van der Waals surface area contributed by atoms with Crippen LogP contribution in [0.15, 0.2) is 48.9 Å². The van der Waals surface area contributed by atoms with Crippen molar-refractivity contribution >= 4 is 17.2 Å². The van der Waals surface area contributed by atoms with Gasteiger partial charge in [-0.25, -0.2) is 27.1 Å². The average Bonchev–Trinajstić information content (AvgIpc) is 3.44. The van der Waals surface area contributed by atoms with Crippen LogP contribution in [0.1, 0.15) is 50.1 Å². The van der Waals surface area contributed by atoms with Crippen molar-refractivity contribution in [2.45, 2.75) is 67.9 Å². The molecule has 0 radical (unpaired) electrons. The number of anilines is 1. The van der Waals surface area contributed by atoms with Gasteiger partial charge < -0.3 is 11.1 Å². The van der Waals surface area contributed by atoms with E-state index in [-0.39, 0.29) is 5.82 Å². The van der Waals surface area contributed by atoms with Gasteiger partial charge in [0.05, 0.1) is 22.8 Å². The lowest BCUT2D eigenvalue weighted by Gasteiger charge is -2.48. The smallest absolute Gasteiger partial charge is 0.252 e. The second-order valence-corrected chi connectivity index (χ2v) is 11.0. The highest BCUT2D eigenvalue weighted by Crippen LogP contribution is 2.54. The van der Waals surface area contributed by atoms with Crippen LogP contribution >= 0.6 is 0 Å². The molecule has 8 nitrogen and oxygen atoms in total. The highest BCUT2D eigenvalue weighted by molar-refractivity contribution is 5.92. The molecule has 1 aromatic carbocycles. The molecular weight excluding hydrogens is 514 g/mol. The summed E-state index contributed by atoms with van der Waals surface area (Å²) in [5.41, 5.74) is 8.69. The molecule has 39 heavy (non-hydrogen) atoms. The summed E-state index contributed by atoms with van der Waals surface area (Å²) in [6.07, 6.45) is 2.80. The van der Waals surface area contributed by atoms with Gasteiger partial charge >= 0.3 is 0 Å². The van der Waals surface area contributed by atoms with Crippen LogP contribution in [0, 0.1) is 0 Å². The van der Waals surface area contributed by atoms with Gasteiger partial charge in [-0.3, -0.25) is 9.48 Å². The lowest BCUT2D eigenvalue weighted by molar-refractivity contribution is -0.163. The SMILES string of the molecule is Nc1ncnn2c(-c3cccc(C4(C(=O)NC5CC(F)(F)C5)CC(F)(F)C4)c3)cc(-c3ccnn3C3CC3)c12. The number of rotatable bonds is 6. The van der Waals surface area contributed by atoms with Crippen LogP contribution in [0.5, 0.6) is 0 Å². The van der Waals surface area contributed by atoms with Crippen LogP contribution in [0.4, 0.5) is 23.4 Å². The first-order valence-corrected chi connectivity index (χ1v) is 12.9. The van der Waals surface area contributed by atoms with Gasteiger partial charge in [-0.05, 0) is 36.6 Å². The van der Waals surface area contributed by atoms with Crippen LogP contribution in [-0.4, -0.2) is 48.2 Å². The third kappa shape index (κ3) is 3.87. The second kappa shape index (κ2) is 8.03. The van der Waals surface area contributed by atoms with Crippen molar-refractivity contribution in [2.75, 3.05) is 5.73 Å². The molecule has 0 spiro atoms. The van der Waals surface area contributed by atoms with Gasteiger partial charge in [-0.15, -0.1) is 0 Å². The van der Waals surface area contributed by atoms with E-state index in [0.29, 0.717) is 28.4 Å². The summed E-state index contributed by atoms with van der Waals surface area (Å²) in [6, 6.07) is 10.2. The highest BCUT2D eigenvalue weighted by Gasteiger charge is 2.62. The summed E-state index contributed by atoms with van der Waals surface area (Å²) in [4.78, 5) is 17.5. The minimum atomic E-state index is -3.02. The molecular formula is C27H25F4N7O. The Labute approximate surface area is 220 Å². The maximum absolute atomic E-state index is 14.2. The fourth-order valence-corrected chi connectivity index (χ4v) is 6.00. The molecule has 0 bridgehead atoms.